The molecular formula is C14H14F6O4S. The highest BCUT2D eigenvalue weighted by Gasteiger charge is 2.37. The van der Waals surface area contributed by atoms with E-state index in [0.717, 1.165) is 6.42 Å². The first kappa shape index (κ1) is 19.8. The third kappa shape index (κ3) is 5.77. The van der Waals surface area contributed by atoms with Crippen molar-refractivity contribution in [1.82, 2.24) is 0 Å². The van der Waals surface area contributed by atoms with Crippen molar-refractivity contribution in [2.24, 2.45) is 0 Å². The second kappa shape index (κ2) is 7.02. The van der Waals surface area contributed by atoms with Gasteiger partial charge in [-0.05, 0) is 37.5 Å². The minimum absolute atomic E-state index is 0.107. The lowest BCUT2D eigenvalue weighted by Crippen LogP contribution is -2.30. The quantitative estimate of drug-likeness (QED) is 0.574. The predicted molar refractivity (Wildman–Crippen MR) is 74.5 cm³/mol. The number of hydrogen-bond acceptors (Lipinski definition) is 4. The van der Waals surface area contributed by atoms with E-state index in [1.807, 2.05) is 0 Å². The second-order valence-corrected chi connectivity index (χ2v) is 7.15. The van der Waals surface area contributed by atoms with Crippen molar-refractivity contribution in [3.63, 3.8) is 0 Å². The molecule has 0 N–H and O–H groups in total. The normalized spacial score (nSPS) is 19.7. The van der Waals surface area contributed by atoms with Crippen molar-refractivity contribution in [2.75, 3.05) is 12.4 Å². The summed E-state index contributed by atoms with van der Waals surface area (Å²) >= 11 is 0. The molecule has 2 rings (SSSR count). The van der Waals surface area contributed by atoms with Crippen LogP contribution in [0.25, 0.3) is 0 Å². The van der Waals surface area contributed by atoms with Crippen LogP contribution >= 0.6 is 0 Å². The molecule has 4 nitrogen and oxygen atoms in total. The molecule has 0 saturated carbocycles. The fourth-order valence-corrected chi connectivity index (χ4v) is 3.50. The van der Waals surface area contributed by atoms with Crippen LogP contribution in [0.1, 0.15) is 30.4 Å². The van der Waals surface area contributed by atoms with E-state index in [0.29, 0.717) is 19.4 Å². The number of hydrogen-bond donors (Lipinski definition) is 0. The molecular weight excluding hydrogens is 378 g/mol. The fraction of sp³-hybridized carbons (Fsp3) is 0.571. The van der Waals surface area contributed by atoms with Gasteiger partial charge in [0.15, 0.2) is 0 Å². The molecule has 1 aromatic rings. The Labute approximate surface area is 139 Å². The summed E-state index contributed by atoms with van der Waals surface area (Å²) in [4.78, 5) is 0. The third-order valence-corrected chi connectivity index (χ3v) is 4.67. The highest BCUT2D eigenvalue weighted by Crippen LogP contribution is 2.38. The topological polar surface area (TPSA) is 52.6 Å². The molecule has 1 heterocycles. The van der Waals surface area contributed by atoms with Gasteiger partial charge in [0.05, 0.1) is 17.2 Å². The predicted octanol–water partition coefficient (Wildman–Crippen LogP) is 4.00. The van der Waals surface area contributed by atoms with E-state index in [2.05, 4.69) is 4.18 Å². The van der Waals surface area contributed by atoms with Crippen LogP contribution in [0.4, 0.5) is 26.3 Å². The summed E-state index contributed by atoms with van der Waals surface area (Å²) in [5.74, 6) is -1.69. The largest absolute Gasteiger partial charge is 0.416 e. The van der Waals surface area contributed by atoms with E-state index in [1.54, 1.807) is 0 Å². The monoisotopic (exact) mass is 392 g/mol. The molecule has 0 bridgehead atoms. The molecule has 0 amide bonds. The van der Waals surface area contributed by atoms with Gasteiger partial charge in [-0.2, -0.15) is 34.8 Å². The van der Waals surface area contributed by atoms with Gasteiger partial charge in [0.2, 0.25) is 0 Å². The first-order valence-corrected chi connectivity index (χ1v) is 8.78. The average molecular weight is 392 g/mol. The van der Waals surface area contributed by atoms with Crippen molar-refractivity contribution in [3.8, 4) is 5.75 Å². The van der Waals surface area contributed by atoms with E-state index in [9.17, 15) is 34.8 Å². The van der Waals surface area contributed by atoms with Gasteiger partial charge >= 0.3 is 22.5 Å². The van der Waals surface area contributed by atoms with Gasteiger partial charge in [-0.15, -0.1) is 0 Å². The molecule has 1 aliphatic heterocycles. The highest BCUT2D eigenvalue weighted by atomic mass is 32.2. The van der Waals surface area contributed by atoms with Gasteiger partial charge in [-0.1, -0.05) is 0 Å². The Morgan fingerprint density at radius 2 is 1.56 bits per heavy atom. The number of rotatable bonds is 4. The molecule has 0 aromatic heterocycles. The lowest BCUT2D eigenvalue weighted by Gasteiger charge is -2.22. The SMILES string of the molecule is O=S(=O)(CC1CCCCO1)Oc1cc(C(F)(F)F)cc(C(F)(F)F)c1. The van der Waals surface area contributed by atoms with E-state index in [4.69, 9.17) is 4.74 Å². The Morgan fingerprint density at radius 3 is 2.00 bits per heavy atom. The third-order valence-electron chi connectivity index (χ3n) is 3.45. The van der Waals surface area contributed by atoms with Crippen molar-refractivity contribution in [2.45, 2.75) is 37.7 Å². The van der Waals surface area contributed by atoms with E-state index >= 15 is 0 Å². The molecule has 25 heavy (non-hydrogen) atoms. The average Bonchev–Trinajstić information content (AvgIpc) is 2.45. The summed E-state index contributed by atoms with van der Waals surface area (Å²) < 4.78 is 110. The number of ether oxygens (including phenoxy) is 1. The van der Waals surface area contributed by atoms with Crippen molar-refractivity contribution in [1.29, 1.82) is 0 Å². The maximum atomic E-state index is 12.7. The van der Waals surface area contributed by atoms with Crippen molar-refractivity contribution in [3.05, 3.63) is 29.3 Å². The fourth-order valence-electron chi connectivity index (χ4n) is 2.32. The van der Waals surface area contributed by atoms with Crippen LogP contribution in [0.5, 0.6) is 5.75 Å². The number of alkyl halides is 6. The van der Waals surface area contributed by atoms with E-state index < -0.39 is 51.2 Å². The first-order chi connectivity index (χ1) is 11.4. The van der Waals surface area contributed by atoms with Crippen LogP contribution < -0.4 is 4.18 Å². The van der Waals surface area contributed by atoms with Crippen molar-refractivity contribution >= 4 is 10.1 Å². The molecule has 1 aromatic carbocycles. The molecule has 1 atom stereocenters. The summed E-state index contributed by atoms with van der Waals surface area (Å²) in [6, 6.07) is 0.326. The van der Waals surface area contributed by atoms with Gasteiger partial charge in [0.1, 0.15) is 11.5 Å². The molecule has 11 heteroatoms. The molecule has 142 valence electrons. The molecule has 0 radical (unpaired) electrons. The summed E-state index contributed by atoms with van der Waals surface area (Å²) in [6.45, 7) is 0.335. The van der Waals surface area contributed by atoms with Gasteiger partial charge in [0.25, 0.3) is 0 Å². The molecule has 1 saturated heterocycles. The maximum absolute atomic E-state index is 12.7. The van der Waals surface area contributed by atoms with Crippen LogP contribution in [0.2, 0.25) is 0 Å². The Hall–Kier alpha value is -1.49. The number of halogens is 6. The van der Waals surface area contributed by atoms with Gasteiger partial charge < -0.3 is 8.92 Å². The summed E-state index contributed by atoms with van der Waals surface area (Å²) in [6.07, 6.45) is -9.00. The lowest BCUT2D eigenvalue weighted by atomic mass is 10.1. The van der Waals surface area contributed by atoms with Crippen LogP contribution in [0.15, 0.2) is 18.2 Å². The molecule has 0 spiro atoms. The Kier molecular flexibility index (Phi) is 5.57. The van der Waals surface area contributed by atoms with Gasteiger partial charge in [-0.25, -0.2) is 0 Å². The number of benzene rings is 1. The zero-order valence-electron chi connectivity index (χ0n) is 12.7. The van der Waals surface area contributed by atoms with Gasteiger partial charge in [0, 0.05) is 6.61 Å². The van der Waals surface area contributed by atoms with Crippen LogP contribution in [-0.2, 0) is 27.2 Å². The standard InChI is InChI=1S/C14H14F6O4S/c15-13(16,17)9-5-10(14(18,19)20)7-12(6-9)24-25(21,22)8-11-3-1-2-4-23-11/h5-7,11H,1-4,8H2. The molecule has 1 aliphatic rings. The molecule has 1 fully saturated rings. The summed E-state index contributed by atoms with van der Waals surface area (Å²) in [5.41, 5.74) is -3.30. The lowest BCUT2D eigenvalue weighted by molar-refractivity contribution is -0.143. The molecule has 1 unspecified atom stereocenters. The van der Waals surface area contributed by atoms with E-state index in [1.165, 1.54) is 0 Å². The van der Waals surface area contributed by atoms with Crippen LogP contribution in [0.3, 0.4) is 0 Å². The summed E-state index contributed by atoms with van der Waals surface area (Å²) in [7, 11) is -4.42. The van der Waals surface area contributed by atoms with Gasteiger partial charge in [-0.3, -0.25) is 0 Å². The minimum Gasteiger partial charge on any atom is -0.382 e. The zero-order chi connectivity index (χ0) is 18.9. The maximum Gasteiger partial charge on any atom is 0.416 e. The Balaban J connectivity index is 2.28. The van der Waals surface area contributed by atoms with Crippen LogP contribution in [-0.4, -0.2) is 26.9 Å². The Bertz CT molecular complexity index is 673. The summed E-state index contributed by atoms with van der Waals surface area (Å²) in [5, 5.41) is 0. The van der Waals surface area contributed by atoms with Crippen LogP contribution in [0, 0.1) is 0 Å². The van der Waals surface area contributed by atoms with E-state index in [-0.39, 0.29) is 18.2 Å². The molecule has 0 aliphatic carbocycles. The minimum atomic E-state index is -5.09. The Morgan fingerprint density at radius 1 is 1.00 bits per heavy atom. The second-order valence-electron chi connectivity index (χ2n) is 5.54. The highest BCUT2D eigenvalue weighted by molar-refractivity contribution is 7.87. The zero-order valence-corrected chi connectivity index (χ0v) is 13.5. The smallest absolute Gasteiger partial charge is 0.382 e. The first-order valence-electron chi connectivity index (χ1n) is 7.20. The van der Waals surface area contributed by atoms with Crippen molar-refractivity contribution < 1.29 is 43.7 Å².